The van der Waals surface area contributed by atoms with E-state index >= 15 is 0 Å². The van der Waals surface area contributed by atoms with Crippen molar-refractivity contribution in [3.63, 3.8) is 0 Å². The Morgan fingerprint density at radius 1 is 1.44 bits per heavy atom. The summed E-state index contributed by atoms with van der Waals surface area (Å²) in [6.07, 6.45) is 4.81. The van der Waals surface area contributed by atoms with Gasteiger partial charge in [-0.1, -0.05) is 12.5 Å². The Bertz CT molecular complexity index is 436. The number of piperidine rings is 1. The highest BCUT2D eigenvalue weighted by Gasteiger charge is 2.13. The number of ether oxygens (including phenoxy) is 1. The van der Waals surface area contributed by atoms with Gasteiger partial charge in [-0.15, -0.1) is 0 Å². The molecule has 0 saturated carbocycles. The van der Waals surface area contributed by atoms with Crippen LogP contribution < -0.4 is 10.1 Å². The molecule has 18 heavy (non-hydrogen) atoms. The first kappa shape index (κ1) is 13.4. The number of nitrogens with one attached hydrogen (secondary N) is 1. The molecule has 96 valence electrons. The molecular weight excluding hydrogens is 292 g/mol. The van der Waals surface area contributed by atoms with Crippen LogP contribution >= 0.6 is 15.9 Å². The second kappa shape index (κ2) is 6.77. The van der Waals surface area contributed by atoms with E-state index in [9.17, 15) is 0 Å². The number of benzene rings is 1. The summed E-state index contributed by atoms with van der Waals surface area (Å²) in [4.78, 5) is 0. The molecule has 1 unspecified atom stereocenters. The molecular formula is C14H17BrN2O. The Hall–Kier alpha value is -1.05. The summed E-state index contributed by atoms with van der Waals surface area (Å²) in [5.74, 6) is 0.669. The van der Waals surface area contributed by atoms with Crippen molar-refractivity contribution in [2.45, 2.75) is 31.7 Å². The van der Waals surface area contributed by atoms with E-state index in [1.54, 1.807) is 0 Å². The first-order valence-corrected chi connectivity index (χ1v) is 7.15. The van der Waals surface area contributed by atoms with Gasteiger partial charge in [0.25, 0.3) is 0 Å². The highest BCUT2D eigenvalue weighted by atomic mass is 79.9. The van der Waals surface area contributed by atoms with Crippen LogP contribution in [0.1, 0.15) is 31.2 Å². The second-order valence-electron chi connectivity index (χ2n) is 4.51. The Morgan fingerprint density at radius 3 is 3.06 bits per heavy atom. The smallest absolute Gasteiger partial charge is 0.138 e. The average Bonchev–Trinajstić information content (AvgIpc) is 2.40. The van der Waals surface area contributed by atoms with Crippen molar-refractivity contribution >= 4 is 15.9 Å². The molecule has 0 bridgehead atoms. The minimum absolute atomic E-state index is 0.566. The molecule has 1 N–H and O–H groups in total. The first-order valence-electron chi connectivity index (χ1n) is 6.36. The largest absolute Gasteiger partial charge is 0.492 e. The first-order chi connectivity index (χ1) is 8.81. The second-order valence-corrected chi connectivity index (χ2v) is 5.36. The van der Waals surface area contributed by atoms with Gasteiger partial charge in [-0.25, -0.2) is 0 Å². The Morgan fingerprint density at radius 2 is 2.33 bits per heavy atom. The molecule has 1 aromatic rings. The van der Waals surface area contributed by atoms with Crippen molar-refractivity contribution in [3.8, 4) is 11.8 Å². The molecule has 1 fully saturated rings. The normalized spacial score (nSPS) is 19.2. The molecule has 1 aromatic carbocycles. The molecule has 0 aromatic heterocycles. The number of hydrogen-bond acceptors (Lipinski definition) is 3. The Balaban J connectivity index is 1.86. The molecule has 1 saturated heterocycles. The quantitative estimate of drug-likeness (QED) is 0.929. The van der Waals surface area contributed by atoms with Crippen LogP contribution in [0.2, 0.25) is 0 Å². The molecule has 2 rings (SSSR count). The number of nitriles is 1. The zero-order valence-electron chi connectivity index (χ0n) is 10.3. The zero-order valence-corrected chi connectivity index (χ0v) is 11.9. The van der Waals surface area contributed by atoms with Crippen molar-refractivity contribution in [1.82, 2.24) is 5.32 Å². The van der Waals surface area contributed by atoms with Crippen molar-refractivity contribution in [2.24, 2.45) is 0 Å². The van der Waals surface area contributed by atoms with Crippen molar-refractivity contribution in [2.75, 3.05) is 13.2 Å². The molecule has 1 atom stereocenters. The Labute approximate surface area is 116 Å². The van der Waals surface area contributed by atoms with Crippen molar-refractivity contribution in [1.29, 1.82) is 5.26 Å². The summed E-state index contributed by atoms with van der Waals surface area (Å²) in [5, 5.41) is 12.6. The highest BCUT2D eigenvalue weighted by molar-refractivity contribution is 9.10. The molecule has 0 aliphatic carbocycles. The zero-order chi connectivity index (χ0) is 12.8. The fourth-order valence-electron chi connectivity index (χ4n) is 2.21. The summed E-state index contributed by atoms with van der Waals surface area (Å²) in [7, 11) is 0. The van der Waals surface area contributed by atoms with E-state index in [2.05, 4.69) is 27.3 Å². The van der Waals surface area contributed by atoms with Gasteiger partial charge in [0.15, 0.2) is 0 Å². The molecule has 1 aliphatic rings. The summed E-state index contributed by atoms with van der Waals surface area (Å²) >= 11 is 3.36. The van der Waals surface area contributed by atoms with Crippen LogP contribution in [0.5, 0.6) is 5.75 Å². The lowest BCUT2D eigenvalue weighted by Crippen LogP contribution is -2.35. The van der Waals surface area contributed by atoms with E-state index < -0.39 is 0 Å². The maximum Gasteiger partial charge on any atom is 0.138 e. The van der Waals surface area contributed by atoms with Crippen molar-refractivity contribution < 1.29 is 4.74 Å². The van der Waals surface area contributed by atoms with Crippen LogP contribution in [0.15, 0.2) is 22.7 Å². The predicted molar refractivity (Wildman–Crippen MR) is 74.6 cm³/mol. The fourth-order valence-corrected chi connectivity index (χ4v) is 2.65. The predicted octanol–water partition coefficient (Wildman–Crippen LogP) is 3.23. The van der Waals surface area contributed by atoms with Crippen LogP contribution in [0.25, 0.3) is 0 Å². The summed E-state index contributed by atoms with van der Waals surface area (Å²) in [6.45, 7) is 1.77. The monoisotopic (exact) mass is 308 g/mol. The summed E-state index contributed by atoms with van der Waals surface area (Å²) in [6, 6.07) is 8.32. The highest BCUT2D eigenvalue weighted by Crippen LogP contribution is 2.26. The number of nitrogens with zero attached hydrogens (tertiary/aromatic N) is 1. The number of hydrogen-bond donors (Lipinski definition) is 1. The van der Waals surface area contributed by atoms with Crippen LogP contribution in [-0.4, -0.2) is 19.2 Å². The van der Waals surface area contributed by atoms with Gasteiger partial charge in [0.1, 0.15) is 17.4 Å². The maximum absolute atomic E-state index is 9.07. The third-order valence-corrected chi connectivity index (χ3v) is 3.88. The molecule has 0 spiro atoms. The third-order valence-electron chi connectivity index (χ3n) is 3.22. The van der Waals surface area contributed by atoms with E-state index in [-0.39, 0.29) is 0 Å². The van der Waals surface area contributed by atoms with E-state index in [4.69, 9.17) is 10.00 Å². The summed E-state index contributed by atoms with van der Waals surface area (Å²) < 4.78 is 6.51. The van der Waals surface area contributed by atoms with Gasteiger partial charge in [0.05, 0.1) is 6.61 Å². The minimum Gasteiger partial charge on any atom is -0.492 e. The van der Waals surface area contributed by atoms with E-state index in [0.717, 1.165) is 17.4 Å². The van der Waals surface area contributed by atoms with Crippen LogP contribution in [0, 0.1) is 11.3 Å². The standard InChI is InChI=1S/C14H17BrN2O/c15-13-5-3-6-14(12(13)10-16)18-9-7-11-4-1-2-8-17-11/h3,5-6,11,17H,1-2,4,7-9H2. The third kappa shape index (κ3) is 3.47. The lowest BCUT2D eigenvalue weighted by Gasteiger charge is -2.23. The number of halogens is 1. The van der Waals surface area contributed by atoms with Gasteiger partial charge < -0.3 is 10.1 Å². The molecule has 3 nitrogen and oxygen atoms in total. The van der Waals surface area contributed by atoms with Gasteiger partial charge in [-0.3, -0.25) is 0 Å². The van der Waals surface area contributed by atoms with E-state index in [1.807, 2.05) is 18.2 Å². The number of rotatable bonds is 4. The fraction of sp³-hybridized carbons (Fsp3) is 0.500. The van der Waals surface area contributed by atoms with Gasteiger partial charge in [0.2, 0.25) is 0 Å². The average molecular weight is 309 g/mol. The van der Waals surface area contributed by atoms with Crippen LogP contribution in [0.4, 0.5) is 0 Å². The van der Waals surface area contributed by atoms with Crippen LogP contribution in [-0.2, 0) is 0 Å². The van der Waals surface area contributed by atoms with Crippen molar-refractivity contribution in [3.05, 3.63) is 28.2 Å². The summed E-state index contributed by atoms with van der Waals surface area (Å²) in [5.41, 5.74) is 0.578. The van der Waals surface area contributed by atoms with Crippen LogP contribution in [0.3, 0.4) is 0 Å². The molecule has 4 heteroatoms. The lowest BCUT2D eigenvalue weighted by molar-refractivity contribution is 0.267. The minimum atomic E-state index is 0.566. The van der Waals surface area contributed by atoms with Gasteiger partial charge >= 0.3 is 0 Å². The topological polar surface area (TPSA) is 45.0 Å². The van der Waals surface area contributed by atoms with Gasteiger partial charge in [-0.05, 0) is 53.9 Å². The molecule has 0 radical (unpaired) electrons. The molecule has 0 amide bonds. The Kier molecular flexibility index (Phi) is 5.03. The van der Waals surface area contributed by atoms with Gasteiger partial charge in [-0.2, -0.15) is 5.26 Å². The molecule has 1 heterocycles. The maximum atomic E-state index is 9.07. The van der Waals surface area contributed by atoms with E-state index in [0.29, 0.717) is 24.0 Å². The van der Waals surface area contributed by atoms with Gasteiger partial charge in [0, 0.05) is 10.5 Å². The lowest BCUT2D eigenvalue weighted by atomic mass is 10.0. The molecule has 1 aliphatic heterocycles. The van der Waals surface area contributed by atoms with E-state index in [1.165, 1.54) is 19.3 Å². The SMILES string of the molecule is N#Cc1c(Br)cccc1OCCC1CCCCN1.